The highest BCUT2D eigenvalue weighted by Crippen LogP contribution is 2.18. The monoisotopic (exact) mass is 378 g/mol. The molecule has 0 aromatic heterocycles. The minimum atomic E-state index is -1.02. The Morgan fingerprint density at radius 1 is 1.23 bits per heavy atom. The quantitative estimate of drug-likeness (QED) is 0.415. The number of rotatable bonds is 5. The lowest BCUT2D eigenvalue weighted by molar-refractivity contribution is -0.387. The van der Waals surface area contributed by atoms with E-state index in [1.54, 1.807) is 19.2 Å². The molecule has 0 saturated heterocycles. The fourth-order valence-electron chi connectivity index (χ4n) is 1.95. The molecule has 136 valence electrons. The van der Waals surface area contributed by atoms with Crippen LogP contribution < -0.4 is 20.9 Å². The van der Waals surface area contributed by atoms with Gasteiger partial charge in [0.2, 0.25) is 5.82 Å². The Morgan fingerprint density at radius 2 is 1.92 bits per heavy atom. The molecular formula is C16H15FN4O4S. The number of nitrogens with one attached hydrogen (secondary N) is 3. The van der Waals surface area contributed by atoms with Crippen molar-refractivity contribution in [2.45, 2.75) is 6.54 Å². The first-order valence-electron chi connectivity index (χ1n) is 7.31. The summed E-state index contributed by atoms with van der Waals surface area (Å²) in [6.07, 6.45) is 0. The molecule has 0 unspecified atom stereocenters. The third kappa shape index (κ3) is 5.11. The lowest BCUT2D eigenvalue weighted by atomic mass is 10.2. The second-order valence-electron chi connectivity index (χ2n) is 5.03. The number of methoxy groups -OCH3 is 1. The van der Waals surface area contributed by atoms with Crippen molar-refractivity contribution in [3.63, 3.8) is 0 Å². The van der Waals surface area contributed by atoms with Gasteiger partial charge in [-0.2, -0.15) is 4.39 Å². The van der Waals surface area contributed by atoms with Gasteiger partial charge in [0, 0.05) is 18.2 Å². The number of carbonyl (C=O) groups excluding carboxylic acids is 1. The number of nitro benzene ring substituents is 1. The number of hydrogen-bond acceptors (Lipinski definition) is 5. The van der Waals surface area contributed by atoms with Crippen LogP contribution in [0, 0.1) is 15.9 Å². The van der Waals surface area contributed by atoms with Crippen molar-refractivity contribution in [2.24, 2.45) is 0 Å². The zero-order chi connectivity index (χ0) is 19.1. The van der Waals surface area contributed by atoms with E-state index in [9.17, 15) is 19.3 Å². The number of ether oxygens (including phenoxy) is 1. The highest BCUT2D eigenvalue weighted by atomic mass is 32.1. The van der Waals surface area contributed by atoms with Crippen molar-refractivity contribution in [1.29, 1.82) is 0 Å². The van der Waals surface area contributed by atoms with Gasteiger partial charge < -0.3 is 10.1 Å². The molecular weight excluding hydrogens is 363 g/mol. The molecule has 3 N–H and O–H groups in total. The summed E-state index contributed by atoms with van der Waals surface area (Å²) < 4.78 is 18.3. The summed E-state index contributed by atoms with van der Waals surface area (Å²) in [6.45, 7) is 0.410. The van der Waals surface area contributed by atoms with Crippen LogP contribution in [0.1, 0.15) is 15.9 Å². The molecule has 0 heterocycles. The van der Waals surface area contributed by atoms with Gasteiger partial charge in [0.25, 0.3) is 5.91 Å². The van der Waals surface area contributed by atoms with Gasteiger partial charge in [0.15, 0.2) is 5.11 Å². The van der Waals surface area contributed by atoms with Crippen LogP contribution in [0.5, 0.6) is 5.75 Å². The number of hydrazine groups is 1. The molecule has 0 spiro atoms. The molecule has 0 atom stereocenters. The lowest BCUT2D eigenvalue weighted by Crippen LogP contribution is -2.46. The van der Waals surface area contributed by atoms with E-state index in [2.05, 4.69) is 16.2 Å². The minimum absolute atomic E-state index is 0.0800. The fraction of sp³-hybridized carbons (Fsp3) is 0.125. The first-order valence-corrected chi connectivity index (χ1v) is 7.72. The van der Waals surface area contributed by atoms with E-state index < -0.39 is 22.3 Å². The summed E-state index contributed by atoms with van der Waals surface area (Å²) in [6, 6.07) is 10.1. The van der Waals surface area contributed by atoms with Gasteiger partial charge in [-0.15, -0.1) is 0 Å². The molecule has 2 rings (SSSR count). The molecule has 2 aromatic carbocycles. The molecule has 0 aliphatic rings. The smallest absolute Gasteiger partial charge is 0.305 e. The van der Waals surface area contributed by atoms with Crippen LogP contribution in [0.4, 0.5) is 10.1 Å². The van der Waals surface area contributed by atoms with E-state index in [1.807, 2.05) is 12.1 Å². The molecule has 0 aliphatic carbocycles. The summed E-state index contributed by atoms with van der Waals surface area (Å²) in [5.41, 5.74) is 4.83. The van der Waals surface area contributed by atoms with Crippen LogP contribution in [-0.4, -0.2) is 23.1 Å². The van der Waals surface area contributed by atoms with Crippen molar-refractivity contribution in [1.82, 2.24) is 16.2 Å². The molecule has 1 amide bonds. The van der Waals surface area contributed by atoms with E-state index >= 15 is 0 Å². The van der Waals surface area contributed by atoms with Gasteiger partial charge in [0.05, 0.1) is 12.0 Å². The van der Waals surface area contributed by atoms with Crippen molar-refractivity contribution >= 4 is 28.9 Å². The van der Waals surface area contributed by atoms with Crippen molar-refractivity contribution in [3.05, 3.63) is 69.5 Å². The standard InChI is InChI=1S/C16H15FN4O4S/c1-25-12-5-2-10(3-6-12)9-18-16(26)20-19-15(22)11-4-7-13(17)14(8-11)21(23)24/h2-8H,9H2,1H3,(H,19,22)(H2,18,20,26). The largest absolute Gasteiger partial charge is 0.497 e. The Kier molecular flexibility index (Phi) is 6.39. The molecule has 0 bridgehead atoms. The Morgan fingerprint density at radius 3 is 2.54 bits per heavy atom. The molecule has 0 radical (unpaired) electrons. The van der Waals surface area contributed by atoms with Crippen LogP contribution in [-0.2, 0) is 6.54 Å². The summed E-state index contributed by atoms with van der Waals surface area (Å²) in [5.74, 6) is -0.979. The maximum absolute atomic E-state index is 13.3. The average Bonchev–Trinajstić information content (AvgIpc) is 2.64. The zero-order valence-electron chi connectivity index (χ0n) is 13.6. The van der Waals surface area contributed by atoms with Crippen LogP contribution >= 0.6 is 12.2 Å². The topological polar surface area (TPSA) is 106 Å². The lowest BCUT2D eigenvalue weighted by Gasteiger charge is -2.12. The van der Waals surface area contributed by atoms with Gasteiger partial charge in [-0.25, -0.2) is 0 Å². The number of halogens is 1. The minimum Gasteiger partial charge on any atom is -0.497 e. The Balaban J connectivity index is 1.85. The Labute approximate surface area is 153 Å². The summed E-state index contributed by atoms with van der Waals surface area (Å²) in [4.78, 5) is 21.8. The summed E-state index contributed by atoms with van der Waals surface area (Å²) in [7, 11) is 1.57. The van der Waals surface area contributed by atoms with E-state index in [4.69, 9.17) is 17.0 Å². The molecule has 26 heavy (non-hydrogen) atoms. The van der Waals surface area contributed by atoms with E-state index in [0.717, 1.165) is 29.5 Å². The molecule has 0 fully saturated rings. The highest BCUT2D eigenvalue weighted by molar-refractivity contribution is 7.80. The number of benzene rings is 2. The molecule has 0 aliphatic heterocycles. The van der Waals surface area contributed by atoms with Gasteiger partial charge in [-0.3, -0.25) is 25.8 Å². The number of nitro groups is 1. The highest BCUT2D eigenvalue weighted by Gasteiger charge is 2.17. The van der Waals surface area contributed by atoms with Gasteiger partial charge in [0.1, 0.15) is 5.75 Å². The van der Waals surface area contributed by atoms with E-state index in [-0.39, 0.29) is 10.7 Å². The SMILES string of the molecule is COc1ccc(CNC(=S)NNC(=O)c2ccc(F)c([N+](=O)[O-])c2)cc1. The van der Waals surface area contributed by atoms with Gasteiger partial charge in [-0.05, 0) is 42.0 Å². The van der Waals surface area contributed by atoms with Crippen molar-refractivity contribution in [2.75, 3.05) is 7.11 Å². The van der Waals surface area contributed by atoms with Crippen LogP contribution in [0.15, 0.2) is 42.5 Å². The average molecular weight is 378 g/mol. The maximum Gasteiger partial charge on any atom is 0.305 e. The number of hydrogen-bond donors (Lipinski definition) is 3. The van der Waals surface area contributed by atoms with E-state index in [1.165, 1.54) is 0 Å². The van der Waals surface area contributed by atoms with Crippen LogP contribution in [0.3, 0.4) is 0 Å². The van der Waals surface area contributed by atoms with Crippen LogP contribution in [0.25, 0.3) is 0 Å². The normalized spacial score (nSPS) is 9.92. The predicted octanol–water partition coefficient (Wildman–Crippen LogP) is 2.05. The second kappa shape index (κ2) is 8.72. The third-order valence-corrected chi connectivity index (χ3v) is 3.55. The van der Waals surface area contributed by atoms with Gasteiger partial charge in [-0.1, -0.05) is 12.1 Å². The Bertz CT molecular complexity index is 829. The number of amides is 1. The first-order chi connectivity index (χ1) is 12.4. The third-order valence-electron chi connectivity index (χ3n) is 3.31. The van der Waals surface area contributed by atoms with Crippen molar-refractivity contribution < 1.29 is 18.8 Å². The first kappa shape index (κ1) is 19.1. The van der Waals surface area contributed by atoms with E-state index in [0.29, 0.717) is 6.54 Å². The fourth-order valence-corrected chi connectivity index (χ4v) is 2.07. The zero-order valence-corrected chi connectivity index (χ0v) is 14.4. The molecule has 8 nitrogen and oxygen atoms in total. The molecule has 0 saturated carbocycles. The maximum atomic E-state index is 13.3. The summed E-state index contributed by atoms with van der Waals surface area (Å²) in [5, 5.41) is 13.7. The molecule has 10 heteroatoms. The van der Waals surface area contributed by atoms with Crippen LogP contribution in [0.2, 0.25) is 0 Å². The summed E-state index contributed by atoms with van der Waals surface area (Å²) >= 11 is 5.03. The predicted molar refractivity (Wildman–Crippen MR) is 96.1 cm³/mol. The van der Waals surface area contributed by atoms with Gasteiger partial charge >= 0.3 is 5.69 Å². The second-order valence-corrected chi connectivity index (χ2v) is 5.44. The molecule has 2 aromatic rings. The number of carbonyl (C=O) groups is 1. The Hall–Kier alpha value is -3.27. The van der Waals surface area contributed by atoms with Crippen molar-refractivity contribution in [3.8, 4) is 5.75 Å². The number of nitrogens with zero attached hydrogens (tertiary/aromatic N) is 1. The number of thiocarbonyl (C=S) groups is 1.